The Morgan fingerprint density at radius 1 is 1.29 bits per heavy atom. The molecular formula is C31H37N7O4. The van der Waals surface area contributed by atoms with E-state index in [9.17, 15) is 15.1 Å². The van der Waals surface area contributed by atoms with Crippen LogP contribution in [0.1, 0.15) is 51.7 Å². The fourth-order valence-corrected chi connectivity index (χ4v) is 5.21. The highest BCUT2D eigenvalue weighted by Crippen LogP contribution is 2.30. The van der Waals surface area contributed by atoms with Crippen molar-refractivity contribution in [3.63, 3.8) is 0 Å². The molecule has 0 unspecified atom stereocenters. The third-order valence-electron chi connectivity index (χ3n) is 7.24. The van der Waals surface area contributed by atoms with E-state index >= 15 is 0 Å². The Balaban J connectivity index is 1.54. The molecule has 0 bridgehead atoms. The molecule has 0 aliphatic carbocycles. The van der Waals surface area contributed by atoms with Crippen molar-refractivity contribution < 1.29 is 19.4 Å². The number of phenols is 1. The Kier molecular flexibility index (Phi) is 7.93. The number of rotatable bonds is 7. The van der Waals surface area contributed by atoms with Crippen LogP contribution in [0.15, 0.2) is 66.0 Å². The number of hydrogen-bond donors (Lipinski definition) is 3. The van der Waals surface area contributed by atoms with Crippen molar-refractivity contribution in [2.24, 2.45) is 10.7 Å². The lowest BCUT2D eigenvalue weighted by Crippen LogP contribution is -2.42. The number of amides is 1. The second-order valence-corrected chi connectivity index (χ2v) is 11.4. The van der Waals surface area contributed by atoms with Crippen molar-refractivity contribution in [1.29, 1.82) is 0 Å². The highest BCUT2D eigenvalue weighted by atomic mass is 16.6. The van der Waals surface area contributed by atoms with Crippen molar-refractivity contribution >= 4 is 28.8 Å². The number of likely N-dealkylation sites (tertiary alicyclic amines) is 1. The van der Waals surface area contributed by atoms with Crippen molar-refractivity contribution in [1.82, 2.24) is 14.5 Å². The normalized spacial score (nSPS) is 15.8. The van der Waals surface area contributed by atoms with E-state index in [1.807, 2.05) is 39.8 Å². The Morgan fingerprint density at radius 2 is 2.10 bits per heavy atom. The number of nitrogens with one attached hydrogen (secondary N) is 1. The fourth-order valence-electron chi connectivity index (χ4n) is 5.21. The molecule has 1 atom stereocenters. The summed E-state index contributed by atoms with van der Waals surface area (Å²) in [7, 11) is 0. The molecule has 4 aromatic rings. The standard InChI is InChI=1S/C31H37N7O4/c1-5-20-15-23(39)11-12-25(20)35-29(32)24-18-34-37-19-21(26-10-6-7-14-38(26)41)16-27(37)28(24)33-17-22-9-8-13-36(22)30(40)42-31(2,3)4/h6-7,10-12,14-16,18-19,22,33,39H,5,8-9,13,17H2,1-4H3,(H2,32,35)/t22-/m1/s1. The van der Waals surface area contributed by atoms with E-state index in [4.69, 9.17) is 15.5 Å². The number of ether oxygens (including phenoxy) is 1. The van der Waals surface area contributed by atoms with E-state index < -0.39 is 5.60 Å². The van der Waals surface area contributed by atoms with Crippen LogP contribution in [0.4, 0.5) is 16.2 Å². The molecule has 0 saturated carbocycles. The number of nitrogens with zero attached hydrogens (tertiary/aromatic N) is 5. The number of carbonyl (C=O) groups is 1. The number of nitrogens with two attached hydrogens (primary N) is 1. The van der Waals surface area contributed by atoms with E-state index in [2.05, 4.69) is 10.4 Å². The van der Waals surface area contributed by atoms with Crippen LogP contribution in [0.3, 0.4) is 0 Å². The van der Waals surface area contributed by atoms with Crippen LogP contribution in [0.25, 0.3) is 16.8 Å². The molecule has 1 fully saturated rings. The van der Waals surface area contributed by atoms with Crippen LogP contribution < -0.4 is 15.8 Å². The maximum absolute atomic E-state index is 12.9. The lowest BCUT2D eigenvalue weighted by Gasteiger charge is -2.29. The summed E-state index contributed by atoms with van der Waals surface area (Å²) in [6, 6.07) is 12.0. The monoisotopic (exact) mass is 571 g/mol. The summed E-state index contributed by atoms with van der Waals surface area (Å²) >= 11 is 0. The molecule has 11 heteroatoms. The number of aromatic hydroxyl groups is 1. The zero-order valence-corrected chi connectivity index (χ0v) is 24.4. The van der Waals surface area contributed by atoms with E-state index in [1.165, 1.54) is 6.20 Å². The molecule has 0 radical (unpaired) electrons. The average Bonchev–Trinajstić information content (AvgIpc) is 3.59. The summed E-state index contributed by atoms with van der Waals surface area (Å²) in [5, 5.41) is 30.6. The smallest absolute Gasteiger partial charge is 0.410 e. The number of phenolic OH excluding ortho intramolecular Hbond substituents is 1. The predicted octanol–water partition coefficient (Wildman–Crippen LogP) is 4.75. The van der Waals surface area contributed by atoms with E-state index in [0.29, 0.717) is 53.2 Å². The molecule has 1 aliphatic heterocycles. The number of hydrogen-bond acceptors (Lipinski definition) is 7. The zero-order valence-electron chi connectivity index (χ0n) is 24.4. The van der Waals surface area contributed by atoms with Gasteiger partial charge >= 0.3 is 6.09 Å². The first kappa shape index (κ1) is 28.7. The molecule has 4 heterocycles. The van der Waals surface area contributed by atoms with Gasteiger partial charge in [-0.25, -0.2) is 14.3 Å². The maximum Gasteiger partial charge on any atom is 0.410 e. The third-order valence-corrected chi connectivity index (χ3v) is 7.24. The summed E-state index contributed by atoms with van der Waals surface area (Å²) < 4.78 is 8.16. The maximum atomic E-state index is 12.9. The van der Waals surface area contributed by atoms with Gasteiger partial charge in [-0.1, -0.05) is 6.92 Å². The van der Waals surface area contributed by atoms with Crippen LogP contribution in [0.5, 0.6) is 5.75 Å². The number of fused-ring (bicyclic) bond motifs is 1. The quantitative estimate of drug-likeness (QED) is 0.126. The van der Waals surface area contributed by atoms with Gasteiger partial charge in [0.2, 0.25) is 5.69 Å². The lowest BCUT2D eigenvalue weighted by atomic mass is 10.1. The van der Waals surface area contributed by atoms with Gasteiger partial charge < -0.3 is 31.0 Å². The second-order valence-electron chi connectivity index (χ2n) is 11.4. The molecule has 220 valence electrons. The molecule has 1 saturated heterocycles. The number of aryl methyl sites for hydroxylation is 1. The number of amidine groups is 1. The first-order valence-electron chi connectivity index (χ1n) is 14.1. The van der Waals surface area contributed by atoms with Gasteiger partial charge in [0.25, 0.3) is 0 Å². The molecule has 4 N–H and O–H groups in total. The number of aliphatic imine (C=N–C) groups is 1. The zero-order chi connectivity index (χ0) is 30.0. The van der Waals surface area contributed by atoms with Gasteiger partial charge in [0, 0.05) is 31.4 Å². The fraction of sp³-hybridized carbons (Fsp3) is 0.355. The van der Waals surface area contributed by atoms with E-state index in [0.717, 1.165) is 23.1 Å². The molecule has 3 aromatic heterocycles. The molecule has 42 heavy (non-hydrogen) atoms. The highest BCUT2D eigenvalue weighted by Gasteiger charge is 2.32. The number of anilines is 1. The number of aromatic nitrogens is 3. The molecule has 1 aliphatic rings. The van der Waals surface area contributed by atoms with E-state index in [-0.39, 0.29) is 23.7 Å². The Morgan fingerprint density at radius 3 is 2.83 bits per heavy atom. The molecule has 0 spiro atoms. The minimum atomic E-state index is -0.587. The van der Waals surface area contributed by atoms with Crippen molar-refractivity contribution in [3.05, 3.63) is 77.4 Å². The number of benzene rings is 1. The van der Waals surface area contributed by atoms with Crippen molar-refractivity contribution in [2.75, 3.05) is 18.4 Å². The molecule has 1 aromatic carbocycles. The Labute approximate surface area is 244 Å². The van der Waals surface area contributed by atoms with Gasteiger partial charge in [0.1, 0.15) is 17.2 Å². The largest absolute Gasteiger partial charge is 0.618 e. The van der Waals surface area contributed by atoms with Gasteiger partial charge in [-0.05, 0) is 75.9 Å². The highest BCUT2D eigenvalue weighted by molar-refractivity contribution is 6.06. The number of pyridine rings is 1. The van der Waals surface area contributed by atoms with Crippen LogP contribution in [-0.2, 0) is 11.2 Å². The lowest BCUT2D eigenvalue weighted by molar-refractivity contribution is -0.593. The molecule has 5 rings (SSSR count). The topological polar surface area (TPSA) is 144 Å². The number of carbonyl (C=O) groups excluding carboxylic acids is 1. The van der Waals surface area contributed by atoms with Crippen molar-refractivity contribution in [2.45, 2.75) is 58.6 Å². The van der Waals surface area contributed by atoms with Gasteiger partial charge in [0.05, 0.1) is 40.3 Å². The molecule has 1 amide bonds. The minimum absolute atomic E-state index is 0.0878. The molecular weight excluding hydrogens is 534 g/mol. The van der Waals surface area contributed by atoms with E-state index in [1.54, 1.807) is 52.1 Å². The van der Waals surface area contributed by atoms with Crippen molar-refractivity contribution in [3.8, 4) is 17.0 Å². The van der Waals surface area contributed by atoms with Crippen LogP contribution in [0.2, 0.25) is 0 Å². The summed E-state index contributed by atoms with van der Waals surface area (Å²) in [6.07, 6.45) is 6.92. The van der Waals surface area contributed by atoms with Gasteiger partial charge in [-0.2, -0.15) is 9.83 Å². The summed E-state index contributed by atoms with van der Waals surface area (Å²) in [5.74, 6) is 0.405. The summed E-state index contributed by atoms with van der Waals surface area (Å²) in [4.78, 5) is 19.4. The average molecular weight is 572 g/mol. The summed E-state index contributed by atoms with van der Waals surface area (Å²) in [5.41, 5.74) is 10.7. The van der Waals surface area contributed by atoms with Crippen LogP contribution >= 0.6 is 0 Å². The van der Waals surface area contributed by atoms with Gasteiger partial charge in [0.15, 0.2) is 6.20 Å². The van der Waals surface area contributed by atoms with Gasteiger partial charge in [-0.15, -0.1) is 0 Å². The summed E-state index contributed by atoms with van der Waals surface area (Å²) in [6.45, 7) is 8.63. The Hall–Kier alpha value is -4.80. The minimum Gasteiger partial charge on any atom is -0.618 e. The third kappa shape index (κ3) is 6.09. The second kappa shape index (κ2) is 11.6. The molecule has 11 nitrogen and oxygen atoms in total. The van der Waals surface area contributed by atoms with Crippen LogP contribution in [0, 0.1) is 5.21 Å². The first-order valence-corrected chi connectivity index (χ1v) is 14.1. The first-order chi connectivity index (χ1) is 20.0. The van der Waals surface area contributed by atoms with Crippen LogP contribution in [-0.4, -0.2) is 56.3 Å². The van der Waals surface area contributed by atoms with Gasteiger partial charge in [-0.3, -0.25) is 0 Å². The SMILES string of the molecule is CCc1cc(O)ccc1N=C(N)c1cnn2cc(-c3cccc[n+]3[O-])cc2c1NC[C@H]1CCCN1C(=O)OC(C)(C)C. The Bertz CT molecular complexity index is 1640. The predicted molar refractivity (Wildman–Crippen MR) is 162 cm³/mol.